The van der Waals surface area contributed by atoms with E-state index >= 15 is 0 Å². The molecule has 0 aromatic heterocycles. The van der Waals surface area contributed by atoms with Crippen molar-refractivity contribution in [1.29, 1.82) is 0 Å². The van der Waals surface area contributed by atoms with Crippen LogP contribution in [0, 0.1) is 0 Å². The normalized spacial score (nSPS) is 16.3. The highest BCUT2D eigenvalue weighted by molar-refractivity contribution is 6.04. The van der Waals surface area contributed by atoms with Crippen molar-refractivity contribution < 1.29 is 19.0 Å². The minimum Gasteiger partial charge on any atom is -0.494 e. The van der Waals surface area contributed by atoms with Crippen molar-refractivity contribution in [2.24, 2.45) is 0 Å². The fourth-order valence-electron chi connectivity index (χ4n) is 2.78. The highest BCUT2D eigenvalue weighted by atomic mass is 16.5. The summed E-state index contributed by atoms with van der Waals surface area (Å²) in [4.78, 5) is 12.5. The Morgan fingerprint density at radius 3 is 2.73 bits per heavy atom. The van der Waals surface area contributed by atoms with Crippen molar-refractivity contribution in [3.8, 4) is 11.5 Å². The van der Waals surface area contributed by atoms with Crippen LogP contribution in [0.25, 0.3) is 0 Å². The second-order valence-electron chi connectivity index (χ2n) is 6.30. The Hall–Kier alpha value is -2.53. The molecule has 5 heteroatoms. The van der Waals surface area contributed by atoms with Crippen LogP contribution in [0.5, 0.6) is 11.5 Å². The standard InChI is InChI=1S/C21H25NO4/c1-2-11-24-18-8-3-6-16(13-18)21(23)22-17-7-4-9-19(14-17)26-15-20-10-5-12-25-20/h3-4,6-9,13-14,20H,2,5,10-12,15H2,1H3,(H,22,23). The fraction of sp³-hybridized carbons (Fsp3) is 0.381. The number of hydrogen-bond donors (Lipinski definition) is 1. The third kappa shape index (κ3) is 5.23. The quantitative estimate of drug-likeness (QED) is 0.768. The monoisotopic (exact) mass is 355 g/mol. The maximum Gasteiger partial charge on any atom is 0.255 e. The van der Waals surface area contributed by atoms with E-state index in [1.807, 2.05) is 43.3 Å². The molecular weight excluding hydrogens is 330 g/mol. The van der Waals surface area contributed by atoms with E-state index in [0.717, 1.165) is 31.6 Å². The Morgan fingerprint density at radius 2 is 1.96 bits per heavy atom. The molecule has 1 aliphatic rings. The number of anilines is 1. The molecule has 1 N–H and O–H groups in total. The van der Waals surface area contributed by atoms with Gasteiger partial charge in [-0.05, 0) is 49.6 Å². The van der Waals surface area contributed by atoms with Gasteiger partial charge in [0.05, 0.1) is 12.7 Å². The molecule has 1 amide bonds. The molecule has 0 spiro atoms. The third-order valence-corrected chi connectivity index (χ3v) is 4.12. The zero-order valence-electron chi connectivity index (χ0n) is 15.1. The van der Waals surface area contributed by atoms with Crippen molar-refractivity contribution in [2.45, 2.75) is 32.3 Å². The van der Waals surface area contributed by atoms with E-state index in [0.29, 0.717) is 30.2 Å². The summed E-state index contributed by atoms with van der Waals surface area (Å²) in [5.74, 6) is 1.25. The van der Waals surface area contributed by atoms with Gasteiger partial charge < -0.3 is 19.5 Å². The molecule has 1 atom stereocenters. The van der Waals surface area contributed by atoms with Gasteiger partial charge >= 0.3 is 0 Å². The molecule has 0 bridgehead atoms. The molecule has 3 rings (SSSR count). The molecule has 0 radical (unpaired) electrons. The van der Waals surface area contributed by atoms with Crippen LogP contribution in [0.1, 0.15) is 36.5 Å². The molecule has 1 unspecified atom stereocenters. The number of rotatable bonds is 8. The molecule has 26 heavy (non-hydrogen) atoms. The largest absolute Gasteiger partial charge is 0.494 e. The summed E-state index contributed by atoms with van der Waals surface area (Å²) < 4.78 is 16.9. The first-order valence-electron chi connectivity index (χ1n) is 9.13. The van der Waals surface area contributed by atoms with Crippen LogP contribution in [0.4, 0.5) is 5.69 Å². The number of carbonyl (C=O) groups is 1. The average Bonchev–Trinajstić information content (AvgIpc) is 3.19. The van der Waals surface area contributed by atoms with Crippen LogP contribution in [-0.2, 0) is 4.74 Å². The van der Waals surface area contributed by atoms with Crippen LogP contribution in [-0.4, -0.2) is 31.8 Å². The lowest BCUT2D eigenvalue weighted by atomic mass is 10.2. The molecule has 5 nitrogen and oxygen atoms in total. The summed E-state index contributed by atoms with van der Waals surface area (Å²) in [6.07, 6.45) is 3.21. The highest BCUT2D eigenvalue weighted by Crippen LogP contribution is 2.21. The zero-order valence-corrected chi connectivity index (χ0v) is 15.1. The van der Waals surface area contributed by atoms with Gasteiger partial charge in [-0.1, -0.05) is 19.1 Å². The Morgan fingerprint density at radius 1 is 1.15 bits per heavy atom. The Kier molecular flexibility index (Phi) is 6.50. The van der Waals surface area contributed by atoms with Gasteiger partial charge in [-0.15, -0.1) is 0 Å². The minimum absolute atomic E-state index is 0.166. The van der Waals surface area contributed by atoms with E-state index in [1.165, 1.54) is 0 Å². The maximum absolute atomic E-state index is 12.5. The van der Waals surface area contributed by atoms with Gasteiger partial charge in [-0.2, -0.15) is 0 Å². The topological polar surface area (TPSA) is 56.8 Å². The second-order valence-corrected chi connectivity index (χ2v) is 6.30. The maximum atomic E-state index is 12.5. The van der Waals surface area contributed by atoms with E-state index in [9.17, 15) is 4.79 Å². The Balaban J connectivity index is 1.59. The van der Waals surface area contributed by atoms with Crippen molar-refractivity contribution in [3.63, 3.8) is 0 Å². The summed E-state index contributed by atoms with van der Waals surface area (Å²) in [6.45, 7) is 4.03. The van der Waals surface area contributed by atoms with E-state index in [2.05, 4.69) is 5.32 Å². The number of nitrogens with one attached hydrogen (secondary N) is 1. The van der Waals surface area contributed by atoms with E-state index in [4.69, 9.17) is 14.2 Å². The second kappa shape index (κ2) is 9.25. The summed E-state index contributed by atoms with van der Waals surface area (Å²) in [6, 6.07) is 14.6. The van der Waals surface area contributed by atoms with Gasteiger partial charge in [-0.3, -0.25) is 4.79 Å². The molecule has 138 valence electrons. The van der Waals surface area contributed by atoms with E-state index < -0.39 is 0 Å². The van der Waals surface area contributed by atoms with Gasteiger partial charge in [0.2, 0.25) is 0 Å². The highest BCUT2D eigenvalue weighted by Gasteiger charge is 2.16. The van der Waals surface area contributed by atoms with Crippen molar-refractivity contribution in [1.82, 2.24) is 0 Å². The molecule has 1 fully saturated rings. The predicted octanol–water partition coefficient (Wildman–Crippen LogP) is 4.29. The zero-order chi connectivity index (χ0) is 18.2. The molecule has 0 saturated carbocycles. The first-order valence-corrected chi connectivity index (χ1v) is 9.13. The summed E-state index contributed by atoms with van der Waals surface area (Å²) >= 11 is 0. The smallest absolute Gasteiger partial charge is 0.255 e. The van der Waals surface area contributed by atoms with Gasteiger partial charge in [0.1, 0.15) is 18.1 Å². The molecular formula is C21H25NO4. The number of ether oxygens (including phenoxy) is 3. The first-order chi connectivity index (χ1) is 12.7. The lowest BCUT2D eigenvalue weighted by Gasteiger charge is -2.13. The lowest BCUT2D eigenvalue weighted by molar-refractivity contribution is 0.0680. The minimum atomic E-state index is -0.178. The van der Waals surface area contributed by atoms with Gasteiger partial charge in [-0.25, -0.2) is 0 Å². The van der Waals surface area contributed by atoms with Crippen LogP contribution in [0.3, 0.4) is 0 Å². The summed E-state index contributed by atoms with van der Waals surface area (Å²) in [7, 11) is 0. The molecule has 2 aromatic carbocycles. The molecule has 0 aliphatic carbocycles. The van der Waals surface area contributed by atoms with Crippen LogP contribution < -0.4 is 14.8 Å². The van der Waals surface area contributed by atoms with Gasteiger partial charge in [0, 0.05) is 23.9 Å². The van der Waals surface area contributed by atoms with Crippen LogP contribution in [0.2, 0.25) is 0 Å². The van der Waals surface area contributed by atoms with Crippen LogP contribution >= 0.6 is 0 Å². The number of amides is 1. The number of benzene rings is 2. The van der Waals surface area contributed by atoms with Crippen molar-refractivity contribution >= 4 is 11.6 Å². The lowest BCUT2D eigenvalue weighted by Crippen LogP contribution is -2.16. The van der Waals surface area contributed by atoms with Crippen molar-refractivity contribution in [2.75, 3.05) is 25.1 Å². The number of carbonyl (C=O) groups excluding carboxylic acids is 1. The first kappa shape index (κ1) is 18.3. The van der Waals surface area contributed by atoms with E-state index in [1.54, 1.807) is 12.1 Å². The molecule has 1 aliphatic heterocycles. The third-order valence-electron chi connectivity index (χ3n) is 4.12. The molecule has 1 saturated heterocycles. The van der Waals surface area contributed by atoms with Crippen molar-refractivity contribution in [3.05, 3.63) is 54.1 Å². The van der Waals surface area contributed by atoms with Crippen LogP contribution in [0.15, 0.2) is 48.5 Å². The van der Waals surface area contributed by atoms with E-state index in [-0.39, 0.29) is 12.0 Å². The van der Waals surface area contributed by atoms with Gasteiger partial charge in [0.25, 0.3) is 5.91 Å². The SMILES string of the molecule is CCCOc1cccc(C(=O)Nc2cccc(OCC3CCCO3)c2)c1. The predicted molar refractivity (Wildman–Crippen MR) is 101 cm³/mol. The Labute approximate surface area is 154 Å². The average molecular weight is 355 g/mol. The molecule has 2 aromatic rings. The summed E-state index contributed by atoms with van der Waals surface area (Å²) in [5, 5.41) is 2.90. The molecule has 1 heterocycles. The summed E-state index contributed by atoms with van der Waals surface area (Å²) in [5.41, 5.74) is 1.25. The van der Waals surface area contributed by atoms with Gasteiger partial charge in [0.15, 0.2) is 0 Å². The number of hydrogen-bond acceptors (Lipinski definition) is 4. The Bertz CT molecular complexity index is 725. The fourth-order valence-corrected chi connectivity index (χ4v) is 2.78.